The third-order valence-electron chi connectivity index (χ3n) is 4.24. The first-order valence-electron chi connectivity index (χ1n) is 9.07. The molecule has 0 fully saturated rings. The fraction of sp³-hybridized carbons (Fsp3) is 0.0435. The summed E-state index contributed by atoms with van der Waals surface area (Å²) >= 11 is 13.4. The minimum Gasteiger partial charge on any atom is -0.489 e. The summed E-state index contributed by atoms with van der Waals surface area (Å²) < 4.78 is 5.88. The molecule has 1 aromatic heterocycles. The van der Waals surface area contributed by atoms with Crippen molar-refractivity contribution in [3.63, 3.8) is 0 Å². The van der Waals surface area contributed by atoms with Gasteiger partial charge in [-0.3, -0.25) is 4.79 Å². The van der Waals surface area contributed by atoms with E-state index in [0.717, 1.165) is 21.8 Å². The van der Waals surface area contributed by atoms with Crippen LogP contribution >= 0.6 is 34.5 Å². The molecule has 4 rings (SSSR count). The number of nitrogens with zero attached hydrogens (tertiary/aromatic N) is 1. The van der Waals surface area contributed by atoms with Crippen molar-refractivity contribution in [2.24, 2.45) is 0 Å². The van der Waals surface area contributed by atoms with Gasteiger partial charge in [-0.15, -0.1) is 11.3 Å². The van der Waals surface area contributed by atoms with Gasteiger partial charge >= 0.3 is 0 Å². The van der Waals surface area contributed by atoms with Crippen molar-refractivity contribution in [2.45, 2.75) is 6.61 Å². The molecule has 0 radical (unpaired) electrons. The number of hydrogen-bond donors (Lipinski definition) is 1. The SMILES string of the molecule is O=C(Nc1ccccc1)c1csc(-c2cccc(OCc3ccc(Cl)c(Cl)c3)c2)n1. The van der Waals surface area contributed by atoms with E-state index in [1.165, 1.54) is 11.3 Å². The predicted octanol–water partition coefficient (Wildman–Crippen LogP) is 6.95. The normalized spacial score (nSPS) is 10.6. The number of thiazole rings is 1. The largest absolute Gasteiger partial charge is 0.489 e. The maximum Gasteiger partial charge on any atom is 0.275 e. The lowest BCUT2D eigenvalue weighted by Gasteiger charge is -2.08. The lowest BCUT2D eigenvalue weighted by Crippen LogP contribution is -2.12. The van der Waals surface area contributed by atoms with Gasteiger partial charge in [-0.1, -0.05) is 59.6 Å². The molecule has 3 aromatic carbocycles. The molecule has 0 saturated heterocycles. The van der Waals surface area contributed by atoms with Crippen molar-refractivity contribution >= 4 is 46.1 Å². The van der Waals surface area contributed by atoms with Crippen LogP contribution in [0.4, 0.5) is 5.69 Å². The number of carbonyl (C=O) groups excluding carboxylic acids is 1. The number of hydrogen-bond acceptors (Lipinski definition) is 4. The van der Waals surface area contributed by atoms with Gasteiger partial charge in [0.05, 0.1) is 10.0 Å². The first kappa shape index (κ1) is 20.4. The van der Waals surface area contributed by atoms with E-state index in [1.54, 1.807) is 17.5 Å². The van der Waals surface area contributed by atoms with Gasteiger partial charge < -0.3 is 10.1 Å². The molecule has 4 aromatic rings. The Bertz CT molecular complexity index is 1180. The number of nitrogens with one attached hydrogen (secondary N) is 1. The summed E-state index contributed by atoms with van der Waals surface area (Å²) in [6.07, 6.45) is 0. The summed E-state index contributed by atoms with van der Waals surface area (Å²) in [4.78, 5) is 16.9. The Hall–Kier alpha value is -2.86. The Labute approximate surface area is 188 Å². The van der Waals surface area contributed by atoms with Crippen LogP contribution in [0, 0.1) is 0 Å². The van der Waals surface area contributed by atoms with Crippen LogP contribution in [0.5, 0.6) is 5.75 Å². The van der Waals surface area contributed by atoms with Crippen molar-refractivity contribution in [1.82, 2.24) is 4.98 Å². The molecule has 0 aliphatic carbocycles. The number of aromatic nitrogens is 1. The summed E-state index contributed by atoms with van der Waals surface area (Å²) in [5.74, 6) is 0.458. The van der Waals surface area contributed by atoms with Gasteiger partial charge in [0.15, 0.2) is 0 Å². The predicted molar refractivity (Wildman–Crippen MR) is 123 cm³/mol. The number of ether oxygens (including phenoxy) is 1. The summed E-state index contributed by atoms with van der Waals surface area (Å²) in [7, 11) is 0. The van der Waals surface area contributed by atoms with E-state index in [9.17, 15) is 4.79 Å². The van der Waals surface area contributed by atoms with Gasteiger partial charge in [0.2, 0.25) is 0 Å². The van der Waals surface area contributed by atoms with E-state index in [-0.39, 0.29) is 5.91 Å². The first-order chi connectivity index (χ1) is 14.6. The van der Waals surface area contributed by atoms with Gasteiger partial charge in [-0.05, 0) is 42.0 Å². The van der Waals surface area contributed by atoms with E-state index < -0.39 is 0 Å². The first-order valence-corrected chi connectivity index (χ1v) is 10.7. The maximum absolute atomic E-state index is 12.4. The second-order valence-corrected chi connectivity index (χ2v) is 8.10. The number of para-hydroxylation sites is 1. The number of carbonyl (C=O) groups is 1. The van der Waals surface area contributed by atoms with Crippen LogP contribution in [0.3, 0.4) is 0 Å². The third-order valence-corrected chi connectivity index (χ3v) is 5.87. The Morgan fingerprint density at radius 3 is 2.60 bits per heavy atom. The highest BCUT2D eigenvalue weighted by Gasteiger charge is 2.13. The molecule has 0 spiro atoms. The molecule has 0 saturated carbocycles. The van der Waals surface area contributed by atoms with Gasteiger partial charge in [0.25, 0.3) is 5.91 Å². The minimum atomic E-state index is -0.240. The van der Waals surface area contributed by atoms with Crippen LogP contribution < -0.4 is 10.1 Å². The fourth-order valence-electron chi connectivity index (χ4n) is 2.74. The summed E-state index contributed by atoms with van der Waals surface area (Å²) in [5, 5.41) is 6.34. The van der Waals surface area contributed by atoms with Crippen molar-refractivity contribution in [1.29, 1.82) is 0 Å². The second-order valence-electron chi connectivity index (χ2n) is 6.42. The van der Waals surface area contributed by atoms with E-state index in [2.05, 4.69) is 10.3 Å². The molecule has 1 amide bonds. The van der Waals surface area contributed by atoms with Crippen LogP contribution in [-0.4, -0.2) is 10.9 Å². The molecule has 0 aliphatic rings. The summed E-state index contributed by atoms with van der Waals surface area (Å²) in [6.45, 7) is 0.364. The topological polar surface area (TPSA) is 51.2 Å². The molecule has 7 heteroatoms. The molecule has 150 valence electrons. The highest BCUT2D eigenvalue weighted by Crippen LogP contribution is 2.28. The van der Waals surface area contributed by atoms with E-state index >= 15 is 0 Å². The van der Waals surface area contributed by atoms with E-state index in [1.807, 2.05) is 60.7 Å². The highest BCUT2D eigenvalue weighted by atomic mass is 35.5. The Morgan fingerprint density at radius 1 is 0.967 bits per heavy atom. The van der Waals surface area contributed by atoms with Gasteiger partial charge in [0.1, 0.15) is 23.1 Å². The van der Waals surface area contributed by atoms with E-state index in [4.69, 9.17) is 27.9 Å². The number of rotatable bonds is 6. The number of anilines is 1. The molecule has 4 nitrogen and oxygen atoms in total. The molecule has 30 heavy (non-hydrogen) atoms. The number of benzene rings is 3. The molecule has 0 unspecified atom stereocenters. The van der Waals surface area contributed by atoms with Gasteiger partial charge in [-0.25, -0.2) is 4.98 Å². The fourth-order valence-corrected chi connectivity index (χ4v) is 3.86. The lowest BCUT2D eigenvalue weighted by molar-refractivity contribution is 0.102. The number of halogens is 2. The maximum atomic E-state index is 12.4. The van der Waals surface area contributed by atoms with Crippen LogP contribution in [0.1, 0.15) is 16.1 Å². The van der Waals surface area contributed by atoms with Crippen LogP contribution in [0.15, 0.2) is 78.2 Å². The average Bonchev–Trinajstić information content (AvgIpc) is 3.26. The second kappa shape index (κ2) is 9.30. The summed E-state index contributed by atoms with van der Waals surface area (Å²) in [5.41, 5.74) is 2.91. The molecular weight excluding hydrogens is 439 g/mol. The monoisotopic (exact) mass is 454 g/mol. The average molecular weight is 455 g/mol. The molecule has 1 heterocycles. The Morgan fingerprint density at radius 2 is 1.80 bits per heavy atom. The zero-order valence-electron chi connectivity index (χ0n) is 15.6. The third kappa shape index (κ3) is 5.00. The standard InChI is InChI=1S/C23H16Cl2N2O2S/c24-19-10-9-15(11-20(19)25)13-29-18-8-4-5-16(12-18)23-27-21(14-30-23)22(28)26-17-6-2-1-3-7-17/h1-12,14H,13H2,(H,26,28). The van der Waals surface area contributed by atoms with Crippen molar-refractivity contribution in [2.75, 3.05) is 5.32 Å². The highest BCUT2D eigenvalue weighted by molar-refractivity contribution is 7.13. The Kier molecular flexibility index (Phi) is 6.33. The number of amides is 1. The Balaban J connectivity index is 1.44. The molecule has 0 aliphatic heterocycles. The van der Waals surface area contributed by atoms with Crippen molar-refractivity contribution in [3.05, 3.63) is 99.5 Å². The lowest BCUT2D eigenvalue weighted by atomic mass is 10.2. The zero-order valence-corrected chi connectivity index (χ0v) is 18.0. The quantitative estimate of drug-likeness (QED) is 0.342. The van der Waals surface area contributed by atoms with Crippen molar-refractivity contribution in [3.8, 4) is 16.3 Å². The van der Waals surface area contributed by atoms with Crippen LogP contribution in [0.2, 0.25) is 10.0 Å². The van der Waals surface area contributed by atoms with Crippen LogP contribution in [-0.2, 0) is 6.61 Å². The molecule has 0 atom stereocenters. The zero-order chi connectivity index (χ0) is 20.9. The minimum absolute atomic E-state index is 0.240. The van der Waals surface area contributed by atoms with Crippen LogP contribution in [0.25, 0.3) is 10.6 Å². The van der Waals surface area contributed by atoms with Crippen molar-refractivity contribution < 1.29 is 9.53 Å². The summed E-state index contributed by atoms with van der Waals surface area (Å²) in [6, 6.07) is 22.3. The molecular formula is C23H16Cl2N2O2S. The smallest absolute Gasteiger partial charge is 0.275 e. The van der Waals surface area contributed by atoms with Gasteiger partial charge in [0, 0.05) is 16.6 Å². The molecule has 1 N–H and O–H groups in total. The molecule has 0 bridgehead atoms. The van der Waals surface area contributed by atoms with Gasteiger partial charge in [-0.2, -0.15) is 0 Å². The van der Waals surface area contributed by atoms with E-state index in [0.29, 0.717) is 28.1 Å².